The third kappa shape index (κ3) is 3.20. The summed E-state index contributed by atoms with van der Waals surface area (Å²) in [6.07, 6.45) is -3.97. The lowest BCUT2D eigenvalue weighted by molar-refractivity contribution is -0.274. The van der Waals surface area contributed by atoms with Gasteiger partial charge in [0.2, 0.25) is 0 Å². The van der Waals surface area contributed by atoms with Crippen molar-refractivity contribution < 1.29 is 17.9 Å². The average molecular weight is 393 g/mol. The lowest BCUT2D eigenvalue weighted by Gasteiger charge is -2.10. The van der Waals surface area contributed by atoms with Crippen LogP contribution in [-0.4, -0.2) is 11.3 Å². The predicted molar refractivity (Wildman–Crippen MR) is 56.1 cm³/mol. The van der Waals surface area contributed by atoms with Crippen LogP contribution in [-0.2, 0) is 0 Å². The van der Waals surface area contributed by atoms with Crippen molar-refractivity contribution in [3.8, 4) is 11.8 Å². The SMILES string of the molecule is N#Cc1c(OC(F)(F)F)cnc(I)c1Br. The fourth-order valence-corrected chi connectivity index (χ4v) is 1.55. The molecule has 1 rings (SSSR count). The van der Waals surface area contributed by atoms with Gasteiger partial charge in [0.25, 0.3) is 0 Å². The topological polar surface area (TPSA) is 45.9 Å². The Morgan fingerprint density at radius 2 is 2.13 bits per heavy atom. The molecule has 0 N–H and O–H groups in total. The van der Waals surface area contributed by atoms with Gasteiger partial charge in [-0.1, -0.05) is 0 Å². The fraction of sp³-hybridized carbons (Fsp3) is 0.143. The van der Waals surface area contributed by atoms with E-state index >= 15 is 0 Å². The zero-order valence-corrected chi connectivity index (χ0v) is 10.5. The maximum absolute atomic E-state index is 11.9. The van der Waals surface area contributed by atoms with Gasteiger partial charge < -0.3 is 4.74 Å². The molecule has 3 nitrogen and oxygen atoms in total. The van der Waals surface area contributed by atoms with E-state index in [-0.39, 0.29) is 10.0 Å². The van der Waals surface area contributed by atoms with Crippen molar-refractivity contribution in [1.29, 1.82) is 5.26 Å². The van der Waals surface area contributed by atoms with Gasteiger partial charge in [0.15, 0.2) is 5.75 Å². The molecule has 1 aromatic heterocycles. The number of nitriles is 1. The van der Waals surface area contributed by atoms with Gasteiger partial charge in [-0.3, -0.25) is 0 Å². The van der Waals surface area contributed by atoms with Crippen molar-refractivity contribution in [3.05, 3.63) is 19.9 Å². The molecule has 0 spiro atoms. The highest BCUT2D eigenvalue weighted by molar-refractivity contribution is 14.1. The summed E-state index contributed by atoms with van der Waals surface area (Å²) in [7, 11) is 0. The first-order valence-electron chi connectivity index (χ1n) is 3.35. The lowest BCUT2D eigenvalue weighted by atomic mass is 10.3. The molecule has 15 heavy (non-hydrogen) atoms. The smallest absolute Gasteiger partial charge is 0.403 e. The molecule has 0 aliphatic heterocycles. The van der Waals surface area contributed by atoms with Crippen LogP contribution in [0.15, 0.2) is 10.7 Å². The number of rotatable bonds is 1. The predicted octanol–water partition coefficient (Wildman–Crippen LogP) is 3.22. The number of alkyl halides is 3. The first-order valence-corrected chi connectivity index (χ1v) is 5.22. The van der Waals surface area contributed by atoms with Crippen LogP contribution in [0.1, 0.15) is 5.56 Å². The number of aromatic nitrogens is 1. The monoisotopic (exact) mass is 392 g/mol. The second kappa shape index (κ2) is 4.52. The van der Waals surface area contributed by atoms with E-state index in [1.165, 1.54) is 0 Å². The van der Waals surface area contributed by atoms with Crippen LogP contribution in [0.25, 0.3) is 0 Å². The van der Waals surface area contributed by atoms with Crippen molar-refractivity contribution in [2.75, 3.05) is 0 Å². The van der Waals surface area contributed by atoms with Crippen LogP contribution < -0.4 is 4.74 Å². The summed E-state index contributed by atoms with van der Waals surface area (Å²) in [5.74, 6) is -0.614. The molecule has 1 heterocycles. The largest absolute Gasteiger partial charge is 0.573 e. The summed E-state index contributed by atoms with van der Waals surface area (Å²) < 4.78 is 40.0. The fourth-order valence-electron chi connectivity index (χ4n) is 0.754. The van der Waals surface area contributed by atoms with Crippen LogP contribution >= 0.6 is 38.5 Å². The molecule has 0 bridgehead atoms. The summed E-state index contributed by atoms with van der Waals surface area (Å²) in [6.45, 7) is 0. The molecule has 0 amide bonds. The van der Waals surface area contributed by atoms with E-state index in [0.29, 0.717) is 3.70 Å². The standard InChI is InChI=1S/C7HBrF3IN2O/c8-5-3(1-13)4(2-14-6(5)12)15-7(9,10)11/h2H. The van der Waals surface area contributed by atoms with E-state index in [0.717, 1.165) is 6.20 Å². The Kier molecular flexibility index (Phi) is 3.77. The third-order valence-corrected chi connectivity index (χ3v) is 3.61. The van der Waals surface area contributed by atoms with Gasteiger partial charge in [-0.05, 0) is 38.5 Å². The zero-order chi connectivity index (χ0) is 11.6. The Morgan fingerprint density at radius 3 is 2.60 bits per heavy atom. The van der Waals surface area contributed by atoms with Gasteiger partial charge in [0, 0.05) is 0 Å². The minimum absolute atomic E-state index is 0.187. The van der Waals surface area contributed by atoms with E-state index < -0.39 is 12.1 Å². The highest BCUT2D eigenvalue weighted by atomic mass is 127. The molecule has 0 aromatic carbocycles. The van der Waals surface area contributed by atoms with Crippen LogP contribution in [0.2, 0.25) is 0 Å². The summed E-state index contributed by atoms with van der Waals surface area (Å²) in [5.41, 5.74) is -0.230. The van der Waals surface area contributed by atoms with Crippen LogP contribution in [0.3, 0.4) is 0 Å². The Hall–Kier alpha value is -0.560. The van der Waals surface area contributed by atoms with Gasteiger partial charge in [0.05, 0.1) is 10.7 Å². The zero-order valence-electron chi connectivity index (χ0n) is 6.77. The summed E-state index contributed by atoms with van der Waals surface area (Å²) in [4.78, 5) is 3.64. The van der Waals surface area contributed by atoms with Crippen molar-refractivity contribution in [2.45, 2.75) is 6.36 Å². The highest BCUT2D eigenvalue weighted by Gasteiger charge is 2.33. The molecule has 0 unspecified atom stereocenters. The Balaban J connectivity index is 3.21. The Bertz CT molecular complexity index is 429. The van der Waals surface area contributed by atoms with Gasteiger partial charge in [-0.25, -0.2) is 4.98 Å². The maximum Gasteiger partial charge on any atom is 0.573 e. The average Bonchev–Trinajstić information content (AvgIpc) is 2.10. The van der Waals surface area contributed by atoms with Crippen molar-refractivity contribution in [3.63, 3.8) is 0 Å². The molecule has 80 valence electrons. The molecule has 0 aliphatic rings. The maximum atomic E-state index is 11.9. The molecule has 0 saturated carbocycles. The summed E-state index contributed by atoms with van der Waals surface area (Å²) >= 11 is 4.74. The molecule has 0 saturated heterocycles. The quantitative estimate of drug-likeness (QED) is 0.544. The van der Waals surface area contributed by atoms with Crippen LogP contribution in [0.5, 0.6) is 5.75 Å². The molecule has 0 radical (unpaired) electrons. The Morgan fingerprint density at radius 1 is 1.53 bits per heavy atom. The summed E-state index contributed by atoms with van der Waals surface area (Å²) in [6, 6.07) is 1.61. The van der Waals surface area contributed by atoms with E-state index in [1.54, 1.807) is 28.7 Å². The Labute approximate surface area is 105 Å². The van der Waals surface area contributed by atoms with E-state index in [4.69, 9.17) is 5.26 Å². The van der Waals surface area contributed by atoms with Gasteiger partial charge >= 0.3 is 6.36 Å². The number of nitrogens with zero attached hydrogens (tertiary/aromatic N) is 2. The number of pyridine rings is 1. The van der Waals surface area contributed by atoms with Gasteiger partial charge in [0.1, 0.15) is 15.3 Å². The van der Waals surface area contributed by atoms with Crippen LogP contribution in [0, 0.1) is 15.0 Å². The minimum atomic E-state index is -4.83. The summed E-state index contributed by atoms with van der Waals surface area (Å²) in [5, 5.41) is 8.66. The second-order valence-electron chi connectivity index (χ2n) is 2.26. The second-order valence-corrected chi connectivity index (χ2v) is 4.08. The molecule has 8 heteroatoms. The first-order chi connectivity index (χ1) is 6.85. The number of halogens is 5. The molecule has 1 aromatic rings. The minimum Gasteiger partial charge on any atom is -0.403 e. The van der Waals surface area contributed by atoms with E-state index in [2.05, 4.69) is 25.7 Å². The number of ether oxygens (including phenoxy) is 1. The van der Waals surface area contributed by atoms with Crippen molar-refractivity contribution in [1.82, 2.24) is 4.98 Å². The highest BCUT2D eigenvalue weighted by Crippen LogP contribution is 2.32. The molecule has 0 fully saturated rings. The van der Waals surface area contributed by atoms with Gasteiger partial charge in [-0.2, -0.15) is 5.26 Å². The normalized spacial score (nSPS) is 10.9. The van der Waals surface area contributed by atoms with E-state index in [9.17, 15) is 13.2 Å². The molecular formula is C7HBrF3IN2O. The van der Waals surface area contributed by atoms with Crippen molar-refractivity contribution >= 4 is 38.5 Å². The van der Waals surface area contributed by atoms with E-state index in [1.807, 2.05) is 0 Å². The first kappa shape index (κ1) is 12.5. The van der Waals surface area contributed by atoms with Gasteiger partial charge in [-0.15, -0.1) is 13.2 Å². The lowest BCUT2D eigenvalue weighted by Crippen LogP contribution is -2.18. The molecule has 0 aliphatic carbocycles. The van der Waals surface area contributed by atoms with Crippen molar-refractivity contribution in [2.24, 2.45) is 0 Å². The third-order valence-electron chi connectivity index (χ3n) is 1.28. The number of hydrogen-bond acceptors (Lipinski definition) is 3. The van der Waals surface area contributed by atoms with Crippen LogP contribution in [0.4, 0.5) is 13.2 Å². The molecular weight excluding hydrogens is 392 g/mol. The number of hydrogen-bond donors (Lipinski definition) is 0. The molecule has 0 atom stereocenters.